The number of sulfonamides is 1. The van der Waals surface area contributed by atoms with E-state index >= 15 is 0 Å². The Hall–Kier alpha value is -2.62. The van der Waals surface area contributed by atoms with Gasteiger partial charge in [0.2, 0.25) is 10.0 Å². The smallest absolute Gasteiger partial charge is 0.309 e. The number of piperidine rings is 1. The number of hydrogen-bond acceptors (Lipinski definition) is 6. The van der Waals surface area contributed by atoms with Crippen molar-refractivity contribution in [2.75, 3.05) is 33.4 Å². The number of halogens is 1. The normalized spacial score (nSPS) is 15.1. The number of carbonyl (C=O) groups is 2. The van der Waals surface area contributed by atoms with Crippen molar-refractivity contribution in [1.29, 1.82) is 0 Å². The molecular weight excluding hydrogens is 468 g/mol. The highest BCUT2D eigenvalue weighted by atomic mass is 35.5. The molecule has 178 valence electrons. The van der Waals surface area contributed by atoms with Crippen molar-refractivity contribution in [2.45, 2.75) is 24.2 Å². The van der Waals surface area contributed by atoms with Gasteiger partial charge in [0, 0.05) is 24.7 Å². The molecule has 2 aromatic carbocycles. The molecule has 0 saturated carbocycles. The van der Waals surface area contributed by atoms with Crippen LogP contribution in [0.25, 0.3) is 0 Å². The van der Waals surface area contributed by atoms with Crippen LogP contribution in [0, 0.1) is 5.92 Å². The maximum atomic E-state index is 12.7. The van der Waals surface area contributed by atoms with Gasteiger partial charge in [-0.25, -0.2) is 8.42 Å². The average molecular weight is 495 g/mol. The molecule has 1 heterocycles. The Morgan fingerprint density at radius 2 is 1.70 bits per heavy atom. The van der Waals surface area contributed by atoms with Crippen molar-refractivity contribution >= 4 is 33.5 Å². The predicted octanol–water partition coefficient (Wildman–Crippen LogP) is 2.65. The highest BCUT2D eigenvalue weighted by Gasteiger charge is 2.33. The maximum absolute atomic E-state index is 12.7. The first kappa shape index (κ1) is 25.0. The number of methoxy groups -OCH3 is 1. The van der Waals surface area contributed by atoms with Gasteiger partial charge in [0.25, 0.3) is 5.91 Å². The highest BCUT2D eigenvalue weighted by molar-refractivity contribution is 7.89. The first-order chi connectivity index (χ1) is 15.8. The standard InChI is InChI=1S/C23H27ClN2O6S/c1-31-20-6-2-17(3-7-20)10-13-25-22(27)16-32-23(28)18-11-14-26(15-12-18)33(29,30)21-8-4-19(24)5-9-21/h2-9,18H,10-16H2,1H3,(H,25,27). The molecular formula is C23H27ClN2O6S. The van der Waals surface area contributed by atoms with Gasteiger partial charge >= 0.3 is 5.97 Å². The minimum Gasteiger partial charge on any atom is -0.497 e. The summed E-state index contributed by atoms with van der Waals surface area (Å²) in [6.45, 7) is 0.478. The third-order valence-electron chi connectivity index (χ3n) is 5.48. The first-order valence-electron chi connectivity index (χ1n) is 10.6. The zero-order valence-corrected chi connectivity index (χ0v) is 19.9. The molecule has 0 aromatic heterocycles. The lowest BCUT2D eigenvalue weighted by atomic mass is 9.98. The van der Waals surface area contributed by atoms with E-state index in [9.17, 15) is 18.0 Å². The third kappa shape index (κ3) is 6.93. The van der Waals surface area contributed by atoms with Crippen LogP contribution in [-0.4, -0.2) is 58.0 Å². The number of nitrogens with one attached hydrogen (secondary N) is 1. The second kappa shape index (κ2) is 11.5. The number of benzene rings is 2. The highest BCUT2D eigenvalue weighted by Crippen LogP contribution is 2.25. The lowest BCUT2D eigenvalue weighted by Gasteiger charge is -2.30. The number of ether oxygens (including phenoxy) is 2. The van der Waals surface area contributed by atoms with Crippen LogP contribution in [0.1, 0.15) is 18.4 Å². The van der Waals surface area contributed by atoms with Crippen LogP contribution in [0.5, 0.6) is 5.75 Å². The van der Waals surface area contributed by atoms with E-state index in [0.717, 1.165) is 11.3 Å². The summed E-state index contributed by atoms with van der Waals surface area (Å²) in [7, 11) is -2.04. The number of amides is 1. The monoisotopic (exact) mass is 494 g/mol. The molecule has 1 amide bonds. The number of esters is 1. The van der Waals surface area contributed by atoms with E-state index in [1.54, 1.807) is 7.11 Å². The zero-order chi connectivity index (χ0) is 23.8. The molecule has 1 aliphatic heterocycles. The third-order valence-corrected chi connectivity index (χ3v) is 7.64. The zero-order valence-electron chi connectivity index (χ0n) is 18.3. The molecule has 0 unspecified atom stereocenters. The van der Waals surface area contributed by atoms with E-state index < -0.39 is 21.9 Å². The van der Waals surface area contributed by atoms with Gasteiger partial charge in [0.15, 0.2) is 6.61 Å². The van der Waals surface area contributed by atoms with Crippen LogP contribution in [0.3, 0.4) is 0 Å². The molecule has 1 aliphatic rings. The fraction of sp³-hybridized carbons (Fsp3) is 0.391. The lowest BCUT2D eigenvalue weighted by molar-refractivity contribution is -0.153. The number of nitrogens with zero attached hydrogens (tertiary/aromatic N) is 1. The van der Waals surface area contributed by atoms with Gasteiger partial charge in [-0.1, -0.05) is 23.7 Å². The Morgan fingerprint density at radius 3 is 2.30 bits per heavy atom. The van der Waals surface area contributed by atoms with Crippen LogP contribution in [-0.2, 0) is 30.8 Å². The van der Waals surface area contributed by atoms with Crippen LogP contribution in [0.15, 0.2) is 53.4 Å². The van der Waals surface area contributed by atoms with Crippen molar-refractivity contribution in [3.63, 3.8) is 0 Å². The van der Waals surface area contributed by atoms with E-state index in [-0.39, 0.29) is 30.5 Å². The largest absolute Gasteiger partial charge is 0.497 e. The van der Waals surface area contributed by atoms with Crippen LogP contribution >= 0.6 is 11.6 Å². The molecule has 8 nitrogen and oxygen atoms in total. The lowest BCUT2D eigenvalue weighted by Crippen LogP contribution is -2.41. The fourth-order valence-corrected chi connectivity index (χ4v) is 5.13. The average Bonchev–Trinajstić information content (AvgIpc) is 2.83. The molecule has 1 fully saturated rings. The van der Waals surface area contributed by atoms with Crippen LogP contribution in [0.2, 0.25) is 5.02 Å². The van der Waals surface area contributed by atoms with E-state index in [0.29, 0.717) is 30.8 Å². The van der Waals surface area contributed by atoms with Crippen molar-refractivity contribution in [1.82, 2.24) is 9.62 Å². The summed E-state index contributed by atoms with van der Waals surface area (Å²) in [5, 5.41) is 3.18. The molecule has 0 aliphatic carbocycles. The minimum atomic E-state index is -3.64. The minimum absolute atomic E-state index is 0.166. The molecule has 0 radical (unpaired) electrons. The van der Waals surface area contributed by atoms with E-state index in [1.807, 2.05) is 24.3 Å². The van der Waals surface area contributed by atoms with Gasteiger partial charge in [-0.15, -0.1) is 0 Å². The summed E-state index contributed by atoms with van der Waals surface area (Å²) in [5.41, 5.74) is 1.05. The molecule has 3 rings (SSSR count). The second-order valence-electron chi connectivity index (χ2n) is 7.69. The molecule has 0 bridgehead atoms. The first-order valence-corrected chi connectivity index (χ1v) is 12.4. The summed E-state index contributed by atoms with van der Waals surface area (Å²) >= 11 is 5.83. The summed E-state index contributed by atoms with van der Waals surface area (Å²) in [6.07, 6.45) is 1.32. The Labute approximate surface area is 198 Å². The SMILES string of the molecule is COc1ccc(CCNC(=O)COC(=O)C2CCN(S(=O)(=O)c3ccc(Cl)cc3)CC2)cc1. The van der Waals surface area contributed by atoms with Crippen molar-refractivity contribution in [2.24, 2.45) is 5.92 Å². The molecule has 2 aromatic rings. The topological polar surface area (TPSA) is 102 Å². The van der Waals surface area contributed by atoms with Gasteiger partial charge < -0.3 is 14.8 Å². The maximum Gasteiger partial charge on any atom is 0.309 e. The number of hydrogen-bond donors (Lipinski definition) is 1. The fourth-order valence-electron chi connectivity index (χ4n) is 3.53. The Bertz CT molecular complexity index is 1050. The Morgan fingerprint density at radius 1 is 1.06 bits per heavy atom. The van der Waals surface area contributed by atoms with Gasteiger partial charge in [-0.05, 0) is 61.2 Å². The van der Waals surface area contributed by atoms with Crippen molar-refractivity contribution in [3.05, 3.63) is 59.1 Å². The van der Waals surface area contributed by atoms with Crippen LogP contribution in [0.4, 0.5) is 0 Å². The van der Waals surface area contributed by atoms with Crippen molar-refractivity contribution < 1.29 is 27.5 Å². The number of carbonyl (C=O) groups excluding carboxylic acids is 2. The van der Waals surface area contributed by atoms with E-state index in [1.165, 1.54) is 28.6 Å². The Balaban J connectivity index is 1.38. The van der Waals surface area contributed by atoms with Gasteiger partial charge in [0.1, 0.15) is 5.75 Å². The summed E-state index contributed by atoms with van der Waals surface area (Å²) in [5.74, 6) is -0.527. The predicted molar refractivity (Wildman–Crippen MR) is 124 cm³/mol. The molecule has 0 atom stereocenters. The van der Waals surface area contributed by atoms with E-state index in [2.05, 4.69) is 5.32 Å². The quantitative estimate of drug-likeness (QED) is 0.538. The molecule has 10 heteroatoms. The molecule has 1 N–H and O–H groups in total. The van der Waals surface area contributed by atoms with Gasteiger partial charge in [-0.3, -0.25) is 9.59 Å². The Kier molecular flexibility index (Phi) is 8.71. The molecule has 33 heavy (non-hydrogen) atoms. The van der Waals surface area contributed by atoms with Crippen LogP contribution < -0.4 is 10.1 Å². The molecule has 1 saturated heterocycles. The number of rotatable bonds is 9. The van der Waals surface area contributed by atoms with Crippen molar-refractivity contribution in [3.8, 4) is 5.75 Å². The summed E-state index contributed by atoms with van der Waals surface area (Å²) in [6, 6.07) is 13.5. The summed E-state index contributed by atoms with van der Waals surface area (Å²) in [4.78, 5) is 24.5. The summed E-state index contributed by atoms with van der Waals surface area (Å²) < 4.78 is 37.1. The van der Waals surface area contributed by atoms with Gasteiger partial charge in [-0.2, -0.15) is 4.31 Å². The van der Waals surface area contributed by atoms with Gasteiger partial charge in [0.05, 0.1) is 17.9 Å². The molecule has 0 spiro atoms. The second-order valence-corrected chi connectivity index (χ2v) is 10.1. The van der Waals surface area contributed by atoms with E-state index in [4.69, 9.17) is 21.1 Å².